The van der Waals surface area contributed by atoms with Crippen molar-refractivity contribution in [2.45, 2.75) is 26.3 Å². The van der Waals surface area contributed by atoms with Crippen molar-refractivity contribution < 1.29 is 9.90 Å². The largest absolute Gasteiger partial charge is 0.480 e. The SMILES string of the molecule is CNC(CN(C)CCc1ccc(C)cc1C)C(=O)O. The van der Waals surface area contributed by atoms with Crippen LogP contribution in [-0.4, -0.2) is 49.2 Å². The number of aryl methyl sites for hydroxylation is 2. The maximum absolute atomic E-state index is 10.9. The smallest absolute Gasteiger partial charge is 0.322 e. The van der Waals surface area contributed by atoms with E-state index in [4.69, 9.17) is 5.11 Å². The second-order valence-corrected chi connectivity index (χ2v) is 5.12. The van der Waals surface area contributed by atoms with Crippen molar-refractivity contribution in [1.29, 1.82) is 0 Å². The van der Waals surface area contributed by atoms with Gasteiger partial charge in [0.2, 0.25) is 0 Å². The lowest BCUT2D eigenvalue weighted by atomic mass is 10.0. The number of rotatable bonds is 7. The predicted octanol–water partition coefficient (Wildman–Crippen LogP) is 1.45. The molecule has 0 radical (unpaired) electrons. The van der Waals surface area contributed by atoms with Gasteiger partial charge >= 0.3 is 5.97 Å². The third-order valence-corrected chi connectivity index (χ3v) is 3.40. The standard InChI is InChI=1S/C15H24N2O2/c1-11-5-6-13(12(2)9-11)7-8-17(4)10-14(16-3)15(18)19/h5-6,9,14,16H,7-8,10H2,1-4H3,(H,18,19). The van der Waals surface area contributed by atoms with E-state index in [9.17, 15) is 4.79 Å². The van der Waals surface area contributed by atoms with E-state index < -0.39 is 12.0 Å². The molecule has 1 atom stereocenters. The van der Waals surface area contributed by atoms with Crippen LogP contribution in [0.1, 0.15) is 16.7 Å². The van der Waals surface area contributed by atoms with Crippen molar-refractivity contribution in [3.8, 4) is 0 Å². The van der Waals surface area contributed by atoms with Gasteiger partial charge in [0.25, 0.3) is 0 Å². The van der Waals surface area contributed by atoms with Gasteiger partial charge in [0.05, 0.1) is 0 Å². The summed E-state index contributed by atoms with van der Waals surface area (Å²) in [6.45, 7) is 5.58. The van der Waals surface area contributed by atoms with E-state index in [2.05, 4.69) is 42.3 Å². The zero-order valence-electron chi connectivity index (χ0n) is 12.2. The Hall–Kier alpha value is -1.39. The van der Waals surface area contributed by atoms with Crippen LogP contribution in [0, 0.1) is 13.8 Å². The first-order chi connectivity index (χ1) is 8.93. The van der Waals surface area contributed by atoms with Crippen LogP contribution in [0.4, 0.5) is 0 Å². The van der Waals surface area contributed by atoms with Crippen molar-refractivity contribution in [3.05, 3.63) is 34.9 Å². The van der Waals surface area contributed by atoms with E-state index in [0.717, 1.165) is 13.0 Å². The highest BCUT2D eigenvalue weighted by atomic mass is 16.4. The molecule has 0 saturated carbocycles. The first-order valence-electron chi connectivity index (χ1n) is 6.58. The van der Waals surface area contributed by atoms with Gasteiger partial charge in [0.15, 0.2) is 0 Å². The third-order valence-electron chi connectivity index (χ3n) is 3.40. The van der Waals surface area contributed by atoms with Gasteiger partial charge in [-0.05, 0) is 45.5 Å². The molecule has 2 N–H and O–H groups in total. The lowest BCUT2D eigenvalue weighted by Gasteiger charge is -2.21. The van der Waals surface area contributed by atoms with Gasteiger partial charge in [-0.1, -0.05) is 23.8 Å². The Bertz CT molecular complexity index is 432. The van der Waals surface area contributed by atoms with Gasteiger partial charge in [-0.15, -0.1) is 0 Å². The quantitative estimate of drug-likeness (QED) is 0.782. The second kappa shape index (κ2) is 7.26. The summed E-state index contributed by atoms with van der Waals surface area (Å²) >= 11 is 0. The number of benzene rings is 1. The molecular weight excluding hydrogens is 240 g/mol. The molecular formula is C15H24N2O2. The molecule has 0 aliphatic rings. The zero-order chi connectivity index (χ0) is 14.4. The van der Waals surface area contributed by atoms with Crippen LogP contribution in [0.2, 0.25) is 0 Å². The number of nitrogens with one attached hydrogen (secondary N) is 1. The molecule has 19 heavy (non-hydrogen) atoms. The van der Waals surface area contributed by atoms with Crippen molar-refractivity contribution in [1.82, 2.24) is 10.2 Å². The molecule has 0 fully saturated rings. The van der Waals surface area contributed by atoms with E-state index >= 15 is 0 Å². The molecule has 0 spiro atoms. The molecule has 4 heteroatoms. The predicted molar refractivity (Wildman–Crippen MR) is 77.6 cm³/mol. The minimum atomic E-state index is -0.805. The molecule has 0 aromatic heterocycles. The fraction of sp³-hybridized carbons (Fsp3) is 0.533. The van der Waals surface area contributed by atoms with Crippen LogP contribution < -0.4 is 5.32 Å². The molecule has 1 aromatic rings. The average molecular weight is 264 g/mol. The van der Waals surface area contributed by atoms with Crippen LogP contribution in [0.25, 0.3) is 0 Å². The summed E-state index contributed by atoms with van der Waals surface area (Å²) in [5.74, 6) is -0.805. The monoisotopic (exact) mass is 264 g/mol. The topological polar surface area (TPSA) is 52.6 Å². The summed E-state index contributed by atoms with van der Waals surface area (Å²) in [5, 5.41) is 11.8. The molecule has 106 valence electrons. The van der Waals surface area contributed by atoms with Crippen LogP contribution in [0.15, 0.2) is 18.2 Å². The van der Waals surface area contributed by atoms with E-state index in [-0.39, 0.29) is 0 Å². The Kier molecular flexibility index (Phi) is 5.99. The molecule has 0 saturated heterocycles. The number of hydrogen-bond acceptors (Lipinski definition) is 3. The molecule has 0 heterocycles. The molecule has 0 aliphatic carbocycles. The van der Waals surface area contributed by atoms with Crippen molar-refractivity contribution in [3.63, 3.8) is 0 Å². The van der Waals surface area contributed by atoms with Crippen LogP contribution in [0.3, 0.4) is 0 Å². The van der Waals surface area contributed by atoms with Gasteiger partial charge in [0.1, 0.15) is 6.04 Å². The Morgan fingerprint density at radius 1 is 1.42 bits per heavy atom. The van der Waals surface area contributed by atoms with E-state index in [1.165, 1.54) is 16.7 Å². The average Bonchev–Trinajstić information content (AvgIpc) is 2.34. The van der Waals surface area contributed by atoms with Gasteiger partial charge in [0, 0.05) is 13.1 Å². The molecule has 1 aromatic carbocycles. The van der Waals surface area contributed by atoms with Gasteiger partial charge in [-0.3, -0.25) is 4.79 Å². The number of carboxylic acids is 1. The molecule has 1 unspecified atom stereocenters. The zero-order valence-corrected chi connectivity index (χ0v) is 12.2. The molecule has 1 rings (SSSR count). The Labute approximate surface area is 115 Å². The number of hydrogen-bond donors (Lipinski definition) is 2. The van der Waals surface area contributed by atoms with Gasteiger partial charge in [-0.2, -0.15) is 0 Å². The normalized spacial score (nSPS) is 12.7. The van der Waals surface area contributed by atoms with Crippen LogP contribution >= 0.6 is 0 Å². The highest BCUT2D eigenvalue weighted by Crippen LogP contribution is 2.11. The molecule has 0 bridgehead atoms. The summed E-state index contributed by atoms with van der Waals surface area (Å²) in [6.07, 6.45) is 0.943. The van der Waals surface area contributed by atoms with E-state index in [1.807, 2.05) is 7.05 Å². The van der Waals surface area contributed by atoms with E-state index in [1.54, 1.807) is 7.05 Å². The van der Waals surface area contributed by atoms with Crippen LogP contribution in [-0.2, 0) is 11.2 Å². The number of aliphatic carboxylic acids is 1. The van der Waals surface area contributed by atoms with Crippen LogP contribution in [0.5, 0.6) is 0 Å². The summed E-state index contributed by atoms with van der Waals surface area (Å²) < 4.78 is 0. The Balaban J connectivity index is 2.49. The fourth-order valence-corrected chi connectivity index (χ4v) is 2.13. The first-order valence-corrected chi connectivity index (χ1v) is 6.58. The number of likely N-dealkylation sites (N-methyl/N-ethyl adjacent to an activating group) is 2. The Morgan fingerprint density at radius 2 is 2.11 bits per heavy atom. The van der Waals surface area contributed by atoms with Crippen molar-refractivity contribution >= 4 is 5.97 Å². The van der Waals surface area contributed by atoms with Crippen molar-refractivity contribution in [2.75, 3.05) is 27.2 Å². The first kappa shape index (κ1) is 15.7. The molecule has 0 aliphatic heterocycles. The minimum Gasteiger partial charge on any atom is -0.480 e. The van der Waals surface area contributed by atoms with Gasteiger partial charge < -0.3 is 15.3 Å². The van der Waals surface area contributed by atoms with E-state index in [0.29, 0.717) is 6.54 Å². The third kappa shape index (κ3) is 5.01. The summed E-state index contributed by atoms with van der Waals surface area (Å²) in [4.78, 5) is 13.0. The number of nitrogens with zero attached hydrogens (tertiary/aromatic N) is 1. The maximum atomic E-state index is 10.9. The number of carboxylic acid groups (broad SMARTS) is 1. The number of carbonyl (C=O) groups is 1. The fourth-order valence-electron chi connectivity index (χ4n) is 2.13. The summed E-state index contributed by atoms with van der Waals surface area (Å²) in [6, 6.07) is 5.95. The second-order valence-electron chi connectivity index (χ2n) is 5.12. The maximum Gasteiger partial charge on any atom is 0.322 e. The lowest BCUT2D eigenvalue weighted by molar-refractivity contribution is -0.139. The minimum absolute atomic E-state index is 0.510. The highest BCUT2D eigenvalue weighted by molar-refractivity contribution is 5.73. The molecule has 4 nitrogen and oxygen atoms in total. The van der Waals surface area contributed by atoms with Gasteiger partial charge in [-0.25, -0.2) is 0 Å². The highest BCUT2D eigenvalue weighted by Gasteiger charge is 2.16. The molecule has 0 amide bonds. The lowest BCUT2D eigenvalue weighted by Crippen LogP contribution is -2.43. The summed E-state index contributed by atoms with van der Waals surface area (Å²) in [7, 11) is 3.63. The van der Waals surface area contributed by atoms with Crippen molar-refractivity contribution in [2.24, 2.45) is 0 Å². The summed E-state index contributed by atoms with van der Waals surface area (Å²) in [5.41, 5.74) is 3.90. The Morgan fingerprint density at radius 3 is 2.63 bits per heavy atom.